The Morgan fingerprint density at radius 1 is 1.17 bits per heavy atom. The lowest BCUT2D eigenvalue weighted by Gasteiger charge is -2.38. The number of carbonyl (C=O) groups is 1. The average molecular weight is 400 g/mol. The number of aromatic nitrogens is 1. The predicted octanol–water partition coefficient (Wildman–Crippen LogP) is 3.46. The summed E-state index contributed by atoms with van der Waals surface area (Å²) >= 11 is 0. The van der Waals surface area contributed by atoms with Crippen LogP contribution in [0.3, 0.4) is 0 Å². The lowest BCUT2D eigenvalue weighted by atomic mass is 9.79. The molecule has 0 unspecified atom stereocenters. The van der Waals surface area contributed by atoms with Gasteiger partial charge >= 0.3 is 13.2 Å². The minimum atomic E-state index is -0.496. The van der Waals surface area contributed by atoms with Gasteiger partial charge in [-0.2, -0.15) is 0 Å². The van der Waals surface area contributed by atoms with Gasteiger partial charge in [0.15, 0.2) is 5.58 Å². The highest BCUT2D eigenvalue weighted by Crippen LogP contribution is 2.37. The van der Waals surface area contributed by atoms with Crippen LogP contribution in [0.15, 0.2) is 22.6 Å². The standard InChI is InChI=1S/C21H29BN2O5/c1-19(2,3)27-18(25)24-11-13(12-24)17-23-15-9-8-14(10-16(15)26-17)22-28-20(4,5)21(6,7)29-22/h8-10,13H,11-12H2,1-7H3. The fourth-order valence-electron chi connectivity index (χ4n) is 3.37. The molecular weight excluding hydrogens is 371 g/mol. The number of hydrogen-bond acceptors (Lipinski definition) is 6. The second-order valence-electron chi connectivity index (χ2n) is 9.95. The van der Waals surface area contributed by atoms with Crippen LogP contribution in [0.1, 0.15) is 60.3 Å². The molecule has 2 aliphatic rings. The van der Waals surface area contributed by atoms with Crippen LogP contribution in [0, 0.1) is 0 Å². The molecule has 0 radical (unpaired) electrons. The molecule has 7 nitrogen and oxygen atoms in total. The summed E-state index contributed by atoms with van der Waals surface area (Å²) in [6.07, 6.45) is -0.298. The molecule has 8 heteroatoms. The molecule has 0 aliphatic carbocycles. The topological polar surface area (TPSA) is 74.0 Å². The smallest absolute Gasteiger partial charge is 0.444 e. The number of carbonyl (C=O) groups excluding carboxylic acids is 1. The SMILES string of the molecule is CC(C)(C)OC(=O)N1CC(c2nc3ccc(B4OC(C)(C)C(C)(C)O4)cc3o2)C1. The van der Waals surface area contributed by atoms with Gasteiger partial charge in [0.25, 0.3) is 0 Å². The molecule has 4 rings (SSSR count). The maximum absolute atomic E-state index is 12.1. The third-order valence-corrected chi connectivity index (χ3v) is 5.84. The Bertz CT molecular complexity index is 924. The normalized spacial score (nSPS) is 21.5. The van der Waals surface area contributed by atoms with E-state index in [0.29, 0.717) is 24.6 Å². The number of ether oxygens (including phenoxy) is 1. The zero-order valence-corrected chi connectivity index (χ0v) is 18.2. The molecule has 0 saturated carbocycles. The summed E-state index contributed by atoms with van der Waals surface area (Å²) in [6.45, 7) is 14.8. The van der Waals surface area contributed by atoms with Crippen LogP contribution < -0.4 is 5.46 Å². The second kappa shape index (κ2) is 6.47. The van der Waals surface area contributed by atoms with E-state index in [4.69, 9.17) is 18.5 Å². The van der Waals surface area contributed by atoms with Crippen molar-refractivity contribution in [3.05, 3.63) is 24.1 Å². The van der Waals surface area contributed by atoms with Crippen LogP contribution in [0.4, 0.5) is 4.79 Å². The second-order valence-corrected chi connectivity index (χ2v) is 9.95. The van der Waals surface area contributed by atoms with E-state index in [-0.39, 0.29) is 12.0 Å². The minimum Gasteiger partial charge on any atom is -0.444 e. The maximum Gasteiger partial charge on any atom is 0.494 e. The van der Waals surface area contributed by atoms with Gasteiger partial charge in [0, 0.05) is 13.1 Å². The third-order valence-electron chi connectivity index (χ3n) is 5.84. The molecule has 1 amide bonds. The Kier molecular flexibility index (Phi) is 4.51. The molecular formula is C21H29BN2O5. The van der Waals surface area contributed by atoms with Crippen molar-refractivity contribution in [3.63, 3.8) is 0 Å². The zero-order chi connectivity index (χ0) is 21.2. The van der Waals surface area contributed by atoms with Crippen molar-refractivity contribution < 1.29 is 23.3 Å². The third kappa shape index (κ3) is 3.75. The highest BCUT2D eigenvalue weighted by molar-refractivity contribution is 6.62. The fraction of sp³-hybridized carbons (Fsp3) is 0.619. The summed E-state index contributed by atoms with van der Waals surface area (Å²) in [7, 11) is -0.440. The number of amides is 1. The van der Waals surface area contributed by atoms with Gasteiger partial charge < -0.3 is 23.4 Å². The lowest BCUT2D eigenvalue weighted by molar-refractivity contribution is 0.00578. The van der Waals surface area contributed by atoms with E-state index in [1.807, 2.05) is 66.7 Å². The number of oxazole rings is 1. The number of rotatable bonds is 2. The lowest BCUT2D eigenvalue weighted by Crippen LogP contribution is -2.50. The zero-order valence-electron chi connectivity index (χ0n) is 18.2. The first-order valence-electron chi connectivity index (χ1n) is 10.1. The van der Waals surface area contributed by atoms with Gasteiger partial charge in [-0.3, -0.25) is 0 Å². The van der Waals surface area contributed by atoms with E-state index < -0.39 is 23.9 Å². The first kappa shape index (κ1) is 20.2. The molecule has 1 aromatic heterocycles. The van der Waals surface area contributed by atoms with Crippen molar-refractivity contribution in [1.29, 1.82) is 0 Å². The Labute approximate surface area is 171 Å². The van der Waals surface area contributed by atoms with Crippen molar-refractivity contribution in [2.75, 3.05) is 13.1 Å². The van der Waals surface area contributed by atoms with Crippen molar-refractivity contribution in [2.45, 2.75) is 71.2 Å². The molecule has 0 N–H and O–H groups in total. The molecule has 156 valence electrons. The summed E-state index contributed by atoms with van der Waals surface area (Å²) < 4.78 is 23.7. The summed E-state index contributed by atoms with van der Waals surface area (Å²) in [6, 6.07) is 5.82. The molecule has 29 heavy (non-hydrogen) atoms. The van der Waals surface area contributed by atoms with Crippen LogP contribution in [0.5, 0.6) is 0 Å². The highest BCUT2D eigenvalue weighted by Gasteiger charge is 2.51. The summed E-state index contributed by atoms with van der Waals surface area (Å²) in [5, 5.41) is 0. The van der Waals surface area contributed by atoms with Crippen LogP contribution in [-0.4, -0.2) is 53.0 Å². The molecule has 2 aromatic rings. The molecule has 2 fully saturated rings. The Morgan fingerprint density at radius 2 is 1.79 bits per heavy atom. The number of hydrogen-bond donors (Lipinski definition) is 0. The highest BCUT2D eigenvalue weighted by atomic mass is 16.7. The van der Waals surface area contributed by atoms with Gasteiger partial charge in [-0.15, -0.1) is 0 Å². The molecule has 1 aromatic carbocycles. The van der Waals surface area contributed by atoms with Crippen LogP contribution >= 0.6 is 0 Å². The van der Waals surface area contributed by atoms with Gasteiger partial charge in [0.05, 0.1) is 17.1 Å². The summed E-state index contributed by atoms with van der Waals surface area (Å²) in [5.41, 5.74) is 1.11. The van der Waals surface area contributed by atoms with Gasteiger partial charge in [-0.1, -0.05) is 6.07 Å². The van der Waals surface area contributed by atoms with E-state index in [1.165, 1.54) is 0 Å². The van der Waals surface area contributed by atoms with E-state index >= 15 is 0 Å². The first-order chi connectivity index (χ1) is 13.3. The molecule has 2 aliphatic heterocycles. The molecule has 0 bridgehead atoms. The van der Waals surface area contributed by atoms with Crippen LogP contribution in [0.25, 0.3) is 11.1 Å². The first-order valence-corrected chi connectivity index (χ1v) is 10.1. The number of nitrogens with zero attached hydrogens (tertiary/aromatic N) is 2. The average Bonchev–Trinajstić information content (AvgIpc) is 3.01. The molecule has 0 atom stereocenters. The van der Waals surface area contributed by atoms with Crippen molar-refractivity contribution in [1.82, 2.24) is 9.88 Å². The van der Waals surface area contributed by atoms with Gasteiger partial charge in [-0.25, -0.2) is 9.78 Å². The van der Waals surface area contributed by atoms with E-state index in [0.717, 1.165) is 11.0 Å². The molecule has 3 heterocycles. The number of fused-ring (bicyclic) bond motifs is 1. The number of likely N-dealkylation sites (tertiary alicyclic amines) is 1. The minimum absolute atomic E-state index is 0.0789. The Hall–Kier alpha value is -2.06. The quantitative estimate of drug-likeness (QED) is 0.719. The number of benzene rings is 1. The monoisotopic (exact) mass is 400 g/mol. The van der Waals surface area contributed by atoms with Crippen LogP contribution in [-0.2, 0) is 14.0 Å². The van der Waals surface area contributed by atoms with Gasteiger partial charge in [-0.05, 0) is 66.1 Å². The molecule has 0 spiro atoms. The van der Waals surface area contributed by atoms with E-state index in [1.54, 1.807) is 4.90 Å². The van der Waals surface area contributed by atoms with E-state index in [9.17, 15) is 4.79 Å². The van der Waals surface area contributed by atoms with Gasteiger partial charge in [0.2, 0.25) is 5.89 Å². The molecule has 2 saturated heterocycles. The van der Waals surface area contributed by atoms with Crippen molar-refractivity contribution in [3.8, 4) is 0 Å². The predicted molar refractivity (Wildman–Crippen MR) is 110 cm³/mol. The summed E-state index contributed by atoms with van der Waals surface area (Å²) in [4.78, 5) is 18.4. The Morgan fingerprint density at radius 3 is 2.38 bits per heavy atom. The fourth-order valence-corrected chi connectivity index (χ4v) is 3.37. The maximum atomic E-state index is 12.1. The summed E-state index contributed by atoms with van der Waals surface area (Å²) in [5.74, 6) is 0.723. The van der Waals surface area contributed by atoms with Crippen LogP contribution in [0.2, 0.25) is 0 Å². The van der Waals surface area contributed by atoms with E-state index in [2.05, 4.69) is 4.98 Å². The van der Waals surface area contributed by atoms with Crippen molar-refractivity contribution >= 4 is 29.8 Å². The Balaban J connectivity index is 1.46. The van der Waals surface area contributed by atoms with Gasteiger partial charge in [0.1, 0.15) is 11.1 Å². The van der Waals surface area contributed by atoms with Crippen molar-refractivity contribution in [2.24, 2.45) is 0 Å². The largest absolute Gasteiger partial charge is 0.494 e.